The van der Waals surface area contributed by atoms with E-state index in [4.69, 9.17) is 11.6 Å². The number of hydrogen-bond donors (Lipinski definition) is 0. The van der Waals surface area contributed by atoms with Crippen LogP contribution in [0.4, 0.5) is 0 Å². The Bertz CT molecular complexity index is 557. The molecule has 0 saturated heterocycles. The molecule has 0 amide bonds. The highest BCUT2D eigenvalue weighted by atomic mass is 35.5. The summed E-state index contributed by atoms with van der Waals surface area (Å²) in [6, 6.07) is 7.28. The van der Waals surface area contributed by atoms with Crippen molar-refractivity contribution in [2.45, 2.75) is 6.92 Å². The zero-order valence-corrected chi connectivity index (χ0v) is 8.80. The van der Waals surface area contributed by atoms with Crippen LogP contribution in [-0.2, 0) is 7.05 Å². The van der Waals surface area contributed by atoms with E-state index in [9.17, 15) is 4.79 Å². The normalized spacial score (nSPS) is 10.8. The number of pyridine rings is 1. The molecule has 14 heavy (non-hydrogen) atoms. The Morgan fingerprint density at radius 2 is 2.07 bits per heavy atom. The number of fused-ring (bicyclic) bond motifs is 1. The number of hydrogen-bond acceptors (Lipinski definition) is 1. The second-order valence-corrected chi connectivity index (χ2v) is 3.77. The first-order valence-corrected chi connectivity index (χ1v) is 4.74. The standard InChI is InChI=1S/C11H10ClNO/c1-7-6-10(14)13(2)11-8(7)4-3-5-9(11)12/h3-6H,1-2H3. The van der Waals surface area contributed by atoms with Crippen LogP contribution in [-0.4, -0.2) is 4.57 Å². The van der Waals surface area contributed by atoms with Gasteiger partial charge in [-0.2, -0.15) is 0 Å². The minimum atomic E-state index is -0.0249. The van der Waals surface area contributed by atoms with Gasteiger partial charge in [0.1, 0.15) is 0 Å². The molecule has 3 heteroatoms. The van der Waals surface area contributed by atoms with Gasteiger partial charge in [-0.15, -0.1) is 0 Å². The van der Waals surface area contributed by atoms with Crippen molar-refractivity contribution in [3.63, 3.8) is 0 Å². The number of nitrogens with zero attached hydrogens (tertiary/aromatic N) is 1. The van der Waals surface area contributed by atoms with Crippen molar-refractivity contribution < 1.29 is 0 Å². The average molecular weight is 208 g/mol. The summed E-state index contributed by atoms with van der Waals surface area (Å²) in [7, 11) is 1.73. The van der Waals surface area contributed by atoms with Crippen molar-refractivity contribution in [3.8, 4) is 0 Å². The number of para-hydroxylation sites is 1. The maximum atomic E-state index is 11.5. The zero-order chi connectivity index (χ0) is 10.3. The van der Waals surface area contributed by atoms with E-state index in [1.54, 1.807) is 23.7 Å². The van der Waals surface area contributed by atoms with Gasteiger partial charge >= 0.3 is 0 Å². The first-order chi connectivity index (χ1) is 6.61. The van der Waals surface area contributed by atoms with Crippen LogP contribution in [0.1, 0.15) is 5.56 Å². The summed E-state index contributed by atoms with van der Waals surface area (Å²) in [6.07, 6.45) is 0. The van der Waals surface area contributed by atoms with Crippen LogP contribution in [0.3, 0.4) is 0 Å². The second kappa shape index (κ2) is 3.14. The molecule has 2 rings (SSSR count). The summed E-state index contributed by atoms with van der Waals surface area (Å²) in [5.74, 6) is 0. The van der Waals surface area contributed by atoms with E-state index in [0.717, 1.165) is 16.5 Å². The number of aryl methyl sites for hydroxylation is 2. The molecule has 72 valence electrons. The van der Waals surface area contributed by atoms with E-state index in [1.165, 1.54) is 0 Å². The topological polar surface area (TPSA) is 22.0 Å². The van der Waals surface area contributed by atoms with Crippen molar-refractivity contribution in [2.24, 2.45) is 7.05 Å². The van der Waals surface area contributed by atoms with Gasteiger partial charge < -0.3 is 4.57 Å². The molecule has 0 aliphatic carbocycles. The lowest BCUT2D eigenvalue weighted by Crippen LogP contribution is -2.16. The van der Waals surface area contributed by atoms with Crippen molar-refractivity contribution >= 4 is 22.5 Å². The summed E-state index contributed by atoms with van der Waals surface area (Å²) in [5, 5.41) is 1.64. The zero-order valence-electron chi connectivity index (χ0n) is 8.04. The Morgan fingerprint density at radius 1 is 1.36 bits per heavy atom. The highest BCUT2D eigenvalue weighted by Crippen LogP contribution is 2.23. The van der Waals surface area contributed by atoms with E-state index in [2.05, 4.69) is 0 Å². The van der Waals surface area contributed by atoms with Crippen molar-refractivity contribution in [1.29, 1.82) is 0 Å². The fourth-order valence-electron chi connectivity index (χ4n) is 1.64. The third-order valence-corrected chi connectivity index (χ3v) is 2.72. The molecule has 0 spiro atoms. The van der Waals surface area contributed by atoms with Gasteiger partial charge in [0.2, 0.25) is 0 Å². The number of halogens is 1. The van der Waals surface area contributed by atoms with Crippen LogP contribution in [0.5, 0.6) is 0 Å². The SMILES string of the molecule is Cc1cc(=O)n(C)c2c(Cl)cccc12. The summed E-state index contributed by atoms with van der Waals surface area (Å²) in [4.78, 5) is 11.5. The molecule has 0 unspecified atom stereocenters. The smallest absolute Gasteiger partial charge is 0.251 e. The third kappa shape index (κ3) is 1.23. The van der Waals surface area contributed by atoms with Gasteiger partial charge in [-0.05, 0) is 18.6 Å². The van der Waals surface area contributed by atoms with Crippen LogP contribution in [0.15, 0.2) is 29.1 Å². The lowest BCUT2D eigenvalue weighted by Gasteiger charge is -2.08. The first-order valence-electron chi connectivity index (χ1n) is 4.36. The van der Waals surface area contributed by atoms with E-state index in [1.807, 2.05) is 19.1 Å². The number of aromatic nitrogens is 1. The summed E-state index contributed by atoms with van der Waals surface area (Å²) < 4.78 is 1.57. The highest BCUT2D eigenvalue weighted by molar-refractivity contribution is 6.35. The predicted octanol–water partition coefficient (Wildman–Crippen LogP) is 2.50. The van der Waals surface area contributed by atoms with Gasteiger partial charge in [0.05, 0.1) is 10.5 Å². The molecule has 1 aromatic heterocycles. The van der Waals surface area contributed by atoms with Gasteiger partial charge in [-0.25, -0.2) is 0 Å². The van der Waals surface area contributed by atoms with Crippen LogP contribution in [0.25, 0.3) is 10.9 Å². The van der Waals surface area contributed by atoms with Crippen molar-refractivity contribution in [2.75, 3.05) is 0 Å². The maximum Gasteiger partial charge on any atom is 0.251 e. The Kier molecular flexibility index (Phi) is 2.08. The average Bonchev–Trinajstić information content (AvgIpc) is 2.14. The van der Waals surface area contributed by atoms with Crippen LogP contribution >= 0.6 is 11.6 Å². The molecule has 1 aromatic carbocycles. The van der Waals surface area contributed by atoms with Gasteiger partial charge in [-0.1, -0.05) is 23.7 Å². The van der Waals surface area contributed by atoms with E-state index >= 15 is 0 Å². The Labute approximate surface area is 86.7 Å². The molecule has 0 aliphatic heterocycles. The molecular weight excluding hydrogens is 198 g/mol. The second-order valence-electron chi connectivity index (χ2n) is 3.36. The van der Waals surface area contributed by atoms with Gasteiger partial charge in [0.15, 0.2) is 0 Å². The molecule has 1 heterocycles. The molecule has 2 aromatic rings. The molecule has 2 nitrogen and oxygen atoms in total. The maximum absolute atomic E-state index is 11.5. The Morgan fingerprint density at radius 3 is 2.79 bits per heavy atom. The van der Waals surface area contributed by atoms with E-state index in [-0.39, 0.29) is 5.56 Å². The summed E-state index contributed by atoms with van der Waals surface area (Å²) in [6.45, 7) is 1.92. The van der Waals surface area contributed by atoms with E-state index < -0.39 is 0 Å². The highest BCUT2D eigenvalue weighted by Gasteiger charge is 2.05. The van der Waals surface area contributed by atoms with Gasteiger partial charge in [0.25, 0.3) is 5.56 Å². The van der Waals surface area contributed by atoms with Crippen LogP contribution < -0.4 is 5.56 Å². The number of rotatable bonds is 0. The third-order valence-electron chi connectivity index (χ3n) is 2.42. The van der Waals surface area contributed by atoms with Crippen molar-refractivity contribution in [3.05, 3.63) is 45.2 Å². The fraction of sp³-hybridized carbons (Fsp3) is 0.182. The quantitative estimate of drug-likeness (QED) is 0.651. The minimum absolute atomic E-state index is 0.0249. The fourth-order valence-corrected chi connectivity index (χ4v) is 1.95. The Hall–Kier alpha value is -1.28. The molecular formula is C11H10ClNO. The molecule has 0 bridgehead atoms. The largest absolute Gasteiger partial charge is 0.310 e. The van der Waals surface area contributed by atoms with Crippen LogP contribution in [0, 0.1) is 6.92 Å². The molecule has 0 aliphatic rings. The van der Waals surface area contributed by atoms with E-state index in [0.29, 0.717) is 5.02 Å². The molecule has 0 fully saturated rings. The number of benzene rings is 1. The molecule has 0 radical (unpaired) electrons. The first kappa shape index (κ1) is 9.28. The lowest BCUT2D eigenvalue weighted by atomic mass is 10.1. The van der Waals surface area contributed by atoms with Crippen molar-refractivity contribution in [1.82, 2.24) is 4.57 Å². The Balaban J connectivity index is 3.11. The predicted molar refractivity (Wildman–Crippen MR) is 58.9 cm³/mol. The summed E-state index contributed by atoms with van der Waals surface area (Å²) >= 11 is 6.05. The molecule has 0 saturated carbocycles. The van der Waals surface area contributed by atoms with Gasteiger partial charge in [0, 0.05) is 18.5 Å². The van der Waals surface area contributed by atoms with Crippen LogP contribution in [0.2, 0.25) is 5.02 Å². The lowest BCUT2D eigenvalue weighted by molar-refractivity contribution is 0.903. The summed E-state index contributed by atoms with van der Waals surface area (Å²) in [5.41, 5.74) is 1.74. The van der Waals surface area contributed by atoms with Gasteiger partial charge in [-0.3, -0.25) is 4.79 Å². The molecule has 0 N–H and O–H groups in total. The minimum Gasteiger partial charge on any atom is -0.310 e. The monoisotopic (exact) mass is 207 g/mol. The molecule has 0 atom stereocenters.